The molecule has 6 nitrogen and oxygen atoms in total. The van der Waals surface area contributed by atoms with Crippen LogP contribution in [-0.4, -0.2) is 39.8 Å². The number of aliphatic carboxylic acids is 2. The highest BCUT2D eigenvalue weighted by molar-refractivity contribution is 5.73. The van der Waals surface area contributed by atoms with Crippen LogP contribution < -0.4 is 4.74 Å². The minimum atomic E-state index is -5.08. The summed E-state index contributed by atoms with van der Waals surface area (Å²) in [5, 5.41) is 15.9. The van der Waals surface area contributed by atoms with Crippen LogP contribution in [0.4, 0.5) is 13.2 Å². The summed E-state index contributed by atoms with van der Waals surface area (Å²) in [6.45, 7) is 4.85. The summed E-state index contributed by atoms with van der Waals surface area (Å²) >= 11 is 0. The van der Waals surface area contributed by atoms with Crippen molar-refractivity contribution < 1.29 is 37.7 Å². The number of carbonyl (C=O) groups is 2. The molecule has 9 heteroatoms. The first-order chi connectivity index (χ1) is 18.5. The summed E-state index contributed by atoms with van der Waals surface area (Å²) in [7, 11) is 0. The fraction of sp³-hybridized carbons (Fsp3) is 0.333. The fourth-order valence-corrected chi connectivity index (χ4v) is 4.47. The van der Waals surface area contributed by atoms with E-state index in [2.05, 4.69) is 60.4 Å². The number of halogens is 3. The molecular formula is C30H32F3NO5. The number of hydrogen-bond acceptors (Lipinski definition) is 4. The molecule has 1 unspecified atom stereocenters. The second kappa shape index (κ2) is 13.8. The summed E-state index contributed by atoms with van der Waals surface area (Å²) in [5.74, 6) is -2.73. The van der Waals surface area contributed by atoms with Crippen molar-refractivity contribution >= 4 is 11.9 Å². The largest absolute Gasteiger partial charge is 0.490 e. The zero-order valence-electron chi connectivity index (χ0n) is 21.7. The van der Waals surface area contributed by atoms with Gasteiger partial charge in [-0.05, 0) is 72.7 Å². The van der Waals surface area contributed by atoms with Crippen LogP contribution in [0.5, 0.6) is 5.75 Å². The average Bonchev–Trinajstić information content (AvgIpc) is 3.35. The average molecular weight is 544 g/mol. The maximum Gasteiger partial charge on any atom is 0.490 e. The van der Waals surface area contributed by atoms with E-state index < -0.39 is 18.1 Å². The van der Waals surface area contributed by atoms with Crippen LogP contribution in [0.3, 0.4) is 0 Å². The van der Waals surface area contributed by atoms with Gasteiger partial charge in [-0.1, -0.05) is 60.7 Å². The monoisotopic (exact) mass is 543 g/mol. The first-order valence-electron chi connectivity index (χ1n) is 12.6. The fourth-order valence-electron chi connectivity index (χ4n) is 4.47. The van der Waals surface area contributed by atoms with Crippen molar-refractivity contribution in [2.75, 3.05) is 6.54 Å². The van der Waals surface area contributed by atoms with Crippen molar-refractivity contribution in [3.05, 3.63) is 101 Å². The number of alkyl halides is 3. The zero-order valence-corrected chi connectivity index (χ0v) is 21.7. The molecule has 1 fully saturated rings. The van der Waals surface area contributed by atoms with Gasteiger partial charge in [-0.2, -0.15) is 13.2 Å². The standard InChI is InChI=1S/C28H31NO3.C2HF3O2/c1-21-5-2-3-6-26(21)27-7-4-18-29(27)19-23-8-10-24(11-9-23)20-32-25-15-12-22(13-16-25)14-17-28(30)31;3-2(4,5)1(6)7/h2-3,5-6,8-13,15-16,27H,4,7,14,17-20H2,1H3,(H,30,31);(H,6,7). The molecule has 1 heterocycles. The van der Waals surface area contributed by atoms with Gasteiger partial charge >= 0.3 is 18.1 Å². The van der Waals surface area contributed by atoms with E-state index in [1.165, 1.54) is 29.5 Å². The van der Waals surface area contributed by atoms with Crippen molar-refractivity contribution in [1.82, 2.24) is 4.90 Å². The van der Waals surface area contributed by atoms with Gasteiger partial charge in [-0.3, -0.25) is 9.69 Å². The van der Waals surface area contributed by atoms with E-state index in [-0.39, 0.29) is 6.42 Å². The minimum absolute atomic E-state index is 0.148. The number of carboxylic acid groups (broad SMARTS) is 2. The third-order valence-electron chi connectivity index (χ3n) is 6.52. The van der Waals surface area contributed by atoms with E-state index in [0.717, 1.165) is 30.0 Å². The van der Waals surface area contributed by atoms with Crippen molar-refractivity contribution in [3.8, 4) is 5.75 Å². The Balaban J connectivity index is 0.000000532. The molecule has 1 aliphatic heterocycles. The Bertz CT molecular complexity index is 1230. The molecule has 0 bridgehead atoms. The number of hydrogen-bond donors (Lipinski definition) is 2. The molecule has 1 aliphatic rings. The summed E-state index contributed by atoms with van der Waals surface area (Å²) in [4.78, 5) is 22.2. The van der Waals surface area contributed by atoms with Gasteiger partial charge in [-0.25, -0.2) is 4.79 Å². The van der Waals surface area contributed by atoms with Crippen LogP contribution in [0.2, 0.25) is 0 Å². The van der Waals surface area contributed by atoms with Gasteiger partial charge in [0.05, 0.1) is 0 Å². The number of nitrogens with zero attached hydrogens (tertiary/aromatic N) is 1. The van der Waals surface area contributed by atoms with Crippen LogP contribution in [0.25, 0.3) is 0 Å². The van der Waals surface area contributed by atoms with E-state index in [9.17, 15) is 18.0 Å². The second-order valence-electron chi connectivity index (χ2n) is 9.43. The van der Waals surface area contributed by atoms with Gasteiger partial charge in [0.25, 0.3) is 0 Å². The first kappa shape index (κ1) is 29.7. The van der Waals surface area contributed by atoms with E-state index in [0.29, 0.717) is 19.1 Å². The van der Waals surface area contributed by atoms with Gasteiger partial charge < -0.3 is 14.9 Å². The lowest BCUT2D eigenvalue weighted by molar-refractivity contribution is -0.192. The Kier molecular flexibility index (Phi) is 10.5. The van der Waals surface area contributed by atoms with Crippen LogP contribution in [0.1, 0.15) is 53.1 Å². The molecule has 3 aromatic carbocycles. The number of aryl methyl sites for hydroxylation is 2. The number of ether oxygens (including phenoxy) is 1. The summed E-state index contributed by atoms with van der Waals surface area (Å²) in [5.41, 5.74) is 6.32. The van der Waals surface area contributed by atoms with E-state index >= 15 is 0 Å². The van der Waals surface area contributed by atoms with Crippen molar-refractivity contribution in [1.29, 1.82) is 0 Å². The number of benzene rings is 3. The molecule has 39 heavy (non-hydrogen) atoms. The molecule has 0 spiro atoms. The van der Waals surface area contributed by atoms with Crippen LogP contribution in [-0.2, 0) is 29.2 Å². The molecule has 208 valence electrons. The topological polar surface area (TPSA) is 87.1 Å². The quantitative estimate of drug-likeness (QED) is 0.318. The first-order valence-corrected chi connectivity index (χ1v) is 12.6. The predicted octanol–water partition coefficient (Wildman–Crippen LogP) is 6.56. The van der Waals surface area contributed by atoms with Gasteiger partial charge in [0.15, 0.2) is 0 Å². The minimum Gasteiger partial charge on any atom is -0.489 e. The van der Waals surface area contributed by atoms with Gasteiger partial charge in [-0.15, -0.1) is 0 Å². The number of rotatable bonds is 9. The zero-order chi connectivity index (χ0) is 28.4. The Morgan fingerprint density at radius 2 is 1.51 bits per heavy atom. The molecular weight excluding hydrogens is 511 g/mol. The summed E-state index contributed by atoms with van der Waals surface area (Å²) < 4.78 is 37.6. The SMILES string of the molecule is Cc1ccccc1C1CCCN1Cc1ccc(COc2ccc(CCC(=O)O)cc2)cc1.O=C(O)C(F)(F)F. The summed E-state index contributed by atoms with van der Waals surface area (Å²) in [6.07, 6.45) is -1.92. The van der Waals surface area contributed by atoms with E-state index in [1.807, 2.05) is 24.3 Å². The van der Waals surface area contributed by atoms with Crippen LogP contribution in [0.15, 0.2) is 72.8 Å². The van der Waals surface area contributed by atoms with E-state index in [4.69, 9.17) is 19.7 Å². The normalized spacial score (nSPS) is 15.3. The molecule has 4 rings (SSSR count). The lowest BCUT2D eigenvalue weighted by atomic mass is 9.99. The number of carboxylic acids is 2. The molecule has 0 aliphatic carbocycles. The molecule has 2 N–H and O–H groups in total. The van der Waals surface area contributed by atoms with Crippen molar-refractivity contribution in [2.45, 2.75) is 58.0 Å². The third-order valence-corrected chi connectivity index (χ3v) is 6.52. The molecule has 1 atom stereocenters. The highest BCUT2D eigenvalue weighted by atomic mass is 19.4. The van der Waals surface area contributed by atoms with Gasteiger partial charge in [0.1, 0.15) is 12.4 Å². The Labute approximate surface area is 225 Å². The Hall–Kier alpha value is -3.85. The van der Waals surface area contributed by atoms with Crippen LogP contribution >= 0.6 is 0 Å². The molecule has 1 saturated heterocycles. The summed E-state index contributed by atoms with van der Waals surface area (Å²) in [6, 6.07) is 25.7. The van der Waals surface area contributed by atoms with Crippen molar-refractivity contribution in [3.63, 3.8) is 0 Å². The van der Waals surface area contributed by atoms with Crippen molar-refractivity contribution in [2.24, 2.45) is 0 Å². The third kappa shape index (κ3) is 9.44. The molecule has 3 aromatic rings. The Morgan fingerprint density at radius 1 is 0.923 bits per heavy atom. The van der Waals surface area contributed by atoms with Gasteiger partial charge in [0, 0.05) is 19.0 Å². The maximum atomic E-state index is 10.7. The molecule has 0 amide bonds. The highest BCUT2D eigenvalue weighted by Gasteiger charge is 2.38. The lowest BCUT2D eigenvalue weighted by Crippen LogP contribution is -2.23. The number of likely N-dealkylation sites (tertiary alicyclic amines) is 1. The highest BCUT2D eigenvalue weighted by Crippen LogP contribution is 2.34. The Morgan fingerprint density at radius 3 is 2.10 bits per heavy atom. The second-order valence-corrected chi connectivity index (χ2v) is 9.43. The van der Waals surface area contributed by atoms with Gasteiger partial charge in [0.2, 0.25) is 0 Å². The predicted molar refractivity (Wildman–Crippen MR) is 140 cm³/mol. The lowest BCUT2D eigenvalue weighted by Gasteiger charge is -2.26. The molecule has 0 radical (unpaired) electrons. The maximum absolute atomic E-state index is 10.7. The smallest absolute Gasteiger partial charge is 0.489 e. The molecule has 0 aromatic heterocycles. The van der Waals surface area contributed by atoms with E-state index in [1.54, 1.807) is 0 Å². The van der Waals surface area contributed by atoms with Crippen LogP contribution in [0, 0.1) is 6.92 Å². The molecule has 0 saturated carbocycles.